The number of carbonyl (C=O) groups is 1. The average molecular weight is 501 g/mol. The highest BCUT2D eigenvalue weighted by Gasteiger charge is 2.29. The van der Waals surface area contributed by atoms with Crippen LogP contribution in [0.1, 0.15) is 49.3 Å². The fourth-order valence-corrected chi connectivity index (χ4v) is 5.91. The van der Waals surface area contributed by atoms with E-state index >= 15 is 0 Å². The maximum atomic E-state index is 13.4. The quantitative estimate of drug-likeness (QED) is 0.546. The van der Waals surface area contributed by atoms with Gasteiger partial charge in [-0.25, -0.2) is 18.4 Å². The van der Waals surface area contributed by atoms with E-state index in [0.717, 1.165) is 34.1 Å². The van der Waals surface area contributed by atoms with Crippen molar-refractivity contribution >= 4 is 27.5 Å². The summed E-state index contributed by atoms with van der Waals surface area (Å²) < 4.78 is 31.7. The van der Waals surface area contributed by atoms with Crippen LogP contribution in [-0.4, -0.2) is 61.9 Å². The normalized spacial score (nSPS) is 16.7. The van der Waals surface area contributed by atoms with Crippen molar-refractivity contribution in [3.63, 3.8) is 0 Å². The van der Waals surface area contributed by atoms with Crippen LogP contribution in [0, 0.1) is 5.92 Å². The Morgan fingerprint density at radius 3 is 2.57 bits per heavy atom. The maximum Gasteiger partial charge on any atom is 0.242 e. The molecule has 1 aromatic carbocycles. The van der Waals surface area contributed by atoms with E-state index in [1.807, 2.05) is 6.07 Å². The Hall–Kier alpha value is -2.82. The number of fused-ring (bicyclic) bond motifs is 1. The van der Waals surface area contributed by atoms with Crippen molar-refractivity contribution in [3.8, 4) is 5.88 Å². The second-order valence-corrected chi connectivity index (χ2v) is 11.1. The number of amidine groups is 1. The van der Waals surface area contributed by atoms with Gasteiger partial charge in [-0.2, -0.15) is 4.31 Å². The van der Waals surface area contributed by atoms with E-state index in [-0.39, 0.29) is 24.0 Å². The number of aliphatic hydroxyl groups excluding tert-OH is 1. The molecule has 2 N–H and O–H groups in total. The van der Waals surface area contributed by atoms with E-state index in [2.05, 4.69) is 15.3 Å². The number of nitrogens with one attached hydrogen (secondary N) is 1. The van der Waals surface area contributed by atoms with Crippen LogP contribution in [0.5, 0.6) is 5.88 Å². The maximum absolute atomic E-state index is 13.4. The number of pyridine rings is 1. The lowest BCUT2D eigenvalue weighted by Gasteiger charge is -2.21. The van der Waals surface area contributed by atoms with Gasteiger partial charge in [0.2, 0.25) is 21.8 Å². The molecule has 0 spiro atoms. The Kier molecular flexibility index (Phi) is 7.83. The number of aliphatic imine (C=N–C) groups is 1. The number of likely N-dealkylation sites (N-methyl/N-ethyl adjacent to an activating group) is 1. The second-order valence-electron chi connectivity index (χ2n) is 9.10. The minimum Gasteiger partial charge on any atom is -0.481 e. The zero-order valence-corrected chi connectivity index (χ0v) is 20.9. The number of ether oxygens (including phenoxy) is 1. The van der Waals surface area contributed by atoms with Crippen LogP contribution in [0.25, 0.3) is 0 Å². The molecule has 188 valence electrons. The topological polar surface area (TPSA) is 121 Å². The highest BCUT2D eigenvalue weighted by atomic mass is 32.2. The van der Waals surface area contributed by atoms with Gasteiger partial charge in [-0.3, -0.25) is 4.79 Å². The van der Waals surface area contributed by atoms with E-state index in [0.29, 0.717) is 30.5 Å². The number of amides is 1. The Morgan fingerprint density at radius 1 is 1.20 bits per heavy atom. The molecule has 1 aliphatic heterocycles. The van der Waals surface area contributed by atoms with Crippen LogP contribution in [-0.2, 0) is 21.2 Å². The first-order valence-electron chi connectivity index (χ1n) is 11.9. The molecule has 2 aliphatic rings. The second kappa shape index (κ2) is 10.8. The third-order valence-electron chi connectivity index (χ3n) is 6.76. The Labute approximate surface area is 206 Å². The van der Waals surface area contributed by atoms with Gasteiger partial charge < -0.3 is 15.2 Å². The largest absolute Gasteiger partial charge is 0.481 e. The summed E-state index contributed by atoms with van der Waals surface area (Å²) in [6, 6.07) is 10.1. The first-order valence-corrected chi connectivity index (χ1v) is 13.4. The van der Waals surface area contributed by atoms with Crippen LogP contribution < -0.4 is 10.1 Å². The molecule has 1 saturated carbocycles. The molecule has 1 aromatic heterocycles. The van der Waals surface area contributed by atoms with Crippen molar-refractivity contribution in [2.45, 2.75) is 49.3 Å². The van der Waals surface area contributed by atoms with Gasteiger partial charge in [0.25, 0.3) is 0 Å². The summed E-state index contributed by atoms with van der Waals surface area (Å²) in [6.45, 7) is -0.241. The zero-order valence-electron chi connectivity index (χ0n) is 20.1. The Bertz CT molecular complexity index is 1190. The predicted octanol–water partition coefficient (Wildman–Crippen LogP) is 2.77. The van der Waals surface area contributed by atoms with Crippen LogP contribution in [0.3, 0.4) is 0 Å². The van der Waals surface area contributed by atoms with E-state index in [4.69, 9.17) is 9.84 Å². The van der Waals surface area contributed by atoms with Crippen molar-refractivity contribution in [2.75, 3.05) is 27.3 Å². The molecule has 1 aliphatic carbocycles. The van der Waals surface area contributed by atoms with Crippen molar-refractivity contribution in [2.24, 2.45) is 10.9 Å². The number of hydrogen-bond donors (Lipinski definition) is 2. The predicted molar refractivity (Wildman–Crippen MR) is 132 cm³/mol. The molecule has 4 rings (SSSR count). The molecule has 1 fully saturated rings. The lowest BCUT2D eigenvalue weighted by molar-refractivity contribution is -0.121. The SMILES string of the molecule is COc1ccc2c(n1)CC(NC(=O)C(CC1CCCC1)c1ccc(S(=O)(=O)N(C)CCO)cc1)=N2. The van der Waals surface area contributed by atoms with Gasteiger partial charge in [-0.05, 0) is 36.1 Å². The molecule has 9 nitrogen and oxygen atoms in total. The molecular formula is C25H32N4O5S. The number of carbonyl (C=O) groups excluding carboxylic acids is 1. The molecule has 0 bridgehead atoms. The summed E-state index contributed by atoms with van der Waals surface area (Å²) >= 11 is 0. The highest BCUT2D eigenvalue weighted by molar-refractivity contribution is 7.89. The lowest BCUT2D eigenvalue weighted by Crippen LogP contribution is -2.35. The molecule has 1 amide bonds. The van der Waals surface area contributed by atoms with Gasteiger partial charge in [0.15, 0.2) is 0 Å². The van der Waals surface area contributed by atoms with Gasteiger partial charge >= 0.3 is 0 Å². The fourth-order valence-electron chi connectivity index (χ4n) is 4.75. The molecule has 2 heterocycles. The van der Waals surface area contributed by atoms with Crippen molar-refractivity contribution in [3.05, 3.63) is 47.7 Å². The monoisotopic (exact) mass is 500 g/mol. The molecular weight excluding hydrogens is 468 g/mol. The van der Waals surface area contributed by atoms with E-state index in [1.165, 1.54) is 32.0 Å². The van der Waals surface area contributed by atoms with Crippen LogP contribution in [0.2, 0.25) is 0 Å². The minimum atomic E-state index is -3.70. The highest BCUT2D eigenvalue weighted by Crippen LogP contribution is 2.35. The molecule has 1 unspecified atom stereocenters. The fraction of sp³-hybridized carbons (Fsp3) is 0.480. The number of sulfonamides is 1. The van der Waals surface area contributed by atoms with Crippen LogP contribution >= 0.6 is 0 Å². The number of aromatic nitrogens is 1. The number of benzene rings is 1. The Morgan fingerprint density at radius 2 is 1.91 bits per heavy atom. The number of nitrogens with zero attached hydrogens (tertiary/aromatic N) is 3. The number of aliphatic hydroxyl groups is 1. The molecule has 2 aromatic rings. The van der Waals surface area contributed by atoms with Gasteiger partial charge in [-0.1, -0.05) is 37.8 Å². The first kappa shape index (κ1) is 25.3. The summed E-state index contributed by atoms with van der Waals surface area (Å²) in [7, 11) is -0.716. The molecule has 35 heavy (non-hydrogen) atoms. The lowest BCUT2D eigenvalue weighted by atomic mass is 9.87. The summed E-state index contributed by atoms with van der Waals surface area (Å²) in [5, 5.41) is 12.1. The van der Waals surface area contributed by atoms with E-state index < -0.39 is 15.9 Å². The van der Waals surface area contributed by atoms with Crippen LogP contribution in [0.4, 0.5) is 5.69 Å². The van der Waals surface area contributed by atoms with Gasteiger partial charge in [0.1, 0.15) is 5.84 Å². The molecule has 10 heteroatoms. The molecule has 0 saturated heterocycles. The third-order valence-corrected chi connectivity index (χ3v) is 8.63. The zero-order chi connectivity index (χ0) is 25.0. The summed E-state index contributed by atoms with van der Waals surface area (Å²) in [5.41, 5.74) is 2.25. The average Bonchev–Trinajstić information content (AvgIpc) is 3.51. The third kappa shape index (κ3) is 5.71. The number of hydrogen-bond acceptors (Lipinski definition) is 7. The summed E-state index contributed by atoms with van der Waals surface area (Å²) in [4.78, 5) is 22.5. The van der Waals surface area contributed by atoms with Gasteiger partial charge in [0, 0.05) is 19.7 Å². The van der Waals surface area contributed by atoms with E-state index in [1.54, 1.807) is 25.3 Å². The van der Waals surface area contributed by atoms with Gasteiger partial charge in [0.05, 0.1) is 42.3 Å². The first-order chi connectivity index (χ1) is 16.8. The Balaban J connectivity index is 1.53. The van der Waals surface area contributed by atoms with Crippen molar-refractivity contribution < 1.29 is 23.1 Å². The number of methoxy groups -OCH3 is 1. The molecule has 0 radical (unpaired) electrons. The number of rotatable bonds is 9. The summed E-state index contributed by atoms with van der Waals surface area (Å²) in [6.07, 6.45) is 5.65. The van der Waals surface area contributed by atoms with Gasteiger partial charge in [-0.15, -0.1) is 0 Å². The van der Waals surface area contributed by atoms with E-state index in [9.17, 15) is 13.2 Å². The molecule has 1 atom stereocenters. The van der Waals surface area contributed by atoms with Crippen molar-refractivity contribution in [1.29, 1.82) is 0 Å². The van der Waals surface area contributed by atoms with Crippen LogP contribution in [0.15, 0.2) is 46.3 Å². The van der Waals surface area contributed by atoms with Crippen molar-refractivity contribution in [1.82, 2.24) is 14.6 Å². The minimum absolute atomic E-state index is 0.0159. The summed E-state index contributed by atoms with van der Waals surface area (Å²) in [5.74, 6) is 0.943. The smallest absolute Gasteiger partial charge is 0.242 e. The standard InChI is InChI=1S/C25H32N4O5S/c1-29(13-14-30)35(32,33)19-9-7-18(8-10-19)20(15-17-5-3-4-6-17)25(31)28-23-16-22-21(26-23)11-12-24(27-22)34-2/h7-12,17,20,30H,3-6,13-16H2,1-2H3,(H,26,28,31).